The van der Waals surface area contributed by atoms with Crippen LogP contribution in [0.4, 0.5) is 0 Å². The number of aromatic hydroxyl groups is 6. The molecule has 0 amide bonds. The van der Waals surface area contributed by atoms with Crippen molar-refractivity contribution in [3.05, 3.63) is 93.2 Å². The van der Waals surface area contributed by atoms with Crippen molar-refractivity contribution in [3.63, 3.8) is 0 Å². The Balaban J connectivity index is 0.959. The molecule has 0 saturated carbocycles. The van der Waals surface area contributed by atoms with Crippen molar-refractivity contribution in [2.75, 3.05) is 0 Å². The zero-order valence-corrected chi connectivity index (χ0v) is 35.0. The molecule has 4 heterocycles. The summed E-state index contributed by atoms with van der Waals surface area (Å²) >= 11 is 0. The molecule has 0 radical (unpaired) electrons. The second-order valence-corrected chi connectivity index (χ2v) is 16.4. The van der Waals surface area contributed by atoms with E-state index < -0.39 is 141 Å². The first-order chi connectivity index (χ1) is 32.5. The predicted octanol–water partition coefficient (Wildman–Crippen LogP) is -1.13. The van der Waals surface area contributed by atoms with Gasteiger partial charge in [0, 0.05) is 47.5 Å². The van der Waals surface area contributed by atoms with Gasteiger partial charge in [0.15, 0.2) is 46.1 Å². The highest BCUT2D eigenvalue weighted by Crippen LogP contribution is 2.38. The van der Waals surface area contributed by atoms with E-state index in [1.807, 2.05) is 0 Å². The second-order valence-electron chi connectivity index (χ2n) is 15.2. The van der Waals surface area contributed by atoms with Crippen LogP contribution in [0, 0.1) is 0 Å². The fourth-order valence-corrected chi connectivity index (χ4v) is 7.75. The van der Waals surface area contributed by atoms with Gasteiger partial charge in [-0.25, -0.2) is 9.59 Å². The standard InChI is InChI=1S/C42H34O26S/c43-17-3-1-13(5-19(17)45)25-11-23(49)29-21(47)7-15(9-27(29)63-25)61-41-35(55)31(51)33(53)37(65-41)39(57)67-69(59,60)68-40(58)38-34(54)32(52)36(56)42(66-38)62-16-8-22(48)30-24(50)12-26(64-28(30)10-16)14-2-4-18(44)20(46)6-14/h1-12,31-38,41-48,51-56H. The average molecular weight is 987 g/mol. The maximum Gasteiger partial charge on any atom is 0.506 e. The highest BCUT2D eigenvalue weighted by molar-refractivity contribution is 7.82. The molecule has 12 N–H and O–H groups in total. The zero-order valence-electron chi connectivity index (χ0n) is 34.2. The molecule has 0 spiro atoms. The Morgan fingerprint density at radius 3 is 1.20 bits per heavy atom. The molecule has 10 unspecified atom stereocenters. The lowest BCUT2D eigenvalue weighted by Crippen LogP contribution is -2.62. The summed E-state index contributed by atoms with van der Waals surface area (Å²) < 4.78 is 66.9. The van der Waals surface area contributed by atoms with Crippen LogP contribution in [-0.2, 0) is 37.8 Å². The number of rotatable bonds is 10. The molecular weight excluding hydrogens is 953 g/mol. The smallest absolute Gasteiger partial charge is 0.506 e. The molecule has 2 fully saturated rings. The number of phenolic OH excluding ortho intramolecular Hbond substituents is 6. The summed E-state index contributed by atoms with van der Waals surface area (Å²) in [5, 5.41) is 123. The van der Waals surface area contributed by atoms with Gasteiger partial charge in [-0.2, -0.15) is 0 Å². The lowest BCUT2D eigenvalue weighted by atomic mass is 9.99. The van der Waals surface area contributed by atoms with Crippen LogP contribution >= 0.6 is 0 Å². The van der Waals surface area contributed by atoms with Crippen molar-refractivity contribution >= 4 is 44.3 Å². The van der Waals surface area contributed by atoms with Crippen LogP contribution in [-0.4, -0.2) is 143 Å². The van der Waals surface area contributed by atoms with Crippen LogP contribution in [0.15, 0.2) is 91.2 Å². The van der Waals surface area contributed by atoms with Gasteiger partial charge in [-0.3, -0.25) is 9.59 Å². The molecule has 4 aromatic carbocycles. The fourth-order valence-electron chi connectivity index (χ4n) is 7.12. The van der Waals surface area contributed by atoms with Gasteiger partial charge >= 0.3 is 22.3 Å². The number of fused-ring (bicyclic) bond motifs is 2. The Labute approximate surface area is 382 Å². The van der Waals surface area contributed by atoms with Gasteiger partial charge in [-0.15, -0.1) is 8.42 Å². The van der Waals surface area contributed by atoms with Crippen LogP contribution in [0.1, 0.15) is 0 Å². The molecule has 8 rings (SSSR count). The number of carbonyl (C=O) groups is 2. The molecule has 69 heavy (non-hydrogen) atoms. The van der Waals surface area contributed by atoms with E-state index in [2.05, 4.69) is 8.37 Å². The minimum atomic E-state index is -5.93. The first-order valence-corrected chi connectivity index (χ1v) is 20.9. The molecule has 0 aliphatic carbocycles. The number of hydrogen-bond donors (Lipinski definition) is 12. The maximum atomic E-state index is 13.1. The summed E-state index contributed by atoms with van der Waals surface area (Å²) in [7, 11) is -5.93. The molecular formula is C42H34O26S. The summed E-state index contributed by atoms with van der Waals surface area (Å²) in [6.45, 7) is 0. The topological polar surface area (TPSA) is 427 Å². The van der Waals surface area contributed by atoms with E-state index in [0.717, 1.165) is 60.7 Å². The van der Waals surface area contributed by atoms with E-state index in [9.17, 15) is 88.9 Å². The number of aliphatic hydroxyl groups is 6. The van der Waals surface area contributed by atoms with Crippen LogP contribution in [0.3, 0.4) is 0 Å². The Morgan fingerprint density at radius 1 is 0.464 bits per heavy atom. The molecule has 26 nitrogen and oxygen atoms in total. The van der Waals surface area contributed by atoms with Crippen molar-refractivity contribution in [1.29, 1.82) is 0 Å². The number of benzene rings is 4. The SMILES string of the molecule is O=C(OS(=O)(=O)OC(=O)C1OC(Oc2cc(O)c3c(=O)cc(-c4ccc(O)c(O)c4)oc3c2)C(O)C(O)C1O)C1OC(Oc2cc(O)c3c(=O)cc(-c4ccc(O)c(O)c4)oc3c2)C(O)C(O)C1O. The molecule has 6 aromatic rings. The third-order valence-electron chi connectivity index (χ3n) is 10.6. The van der Waals surface area contributed by atoms with Gasteiger partial charge < -0.3 is 97.4 Å². The average Bonchev–Trinajstić information content (AvgIpc) is 3.27. The van der Waals surface area contributed by atoms with Crippen molar-refractivity contribution in [2.24, 2.45) is 0 Å². The van der Waals surface area contributed by atoms with Crippen molar-refractivity contribution < 1.29 is 115 Å². The maximum absolute atomic E-state index is 13.1. The van der Waals surface area contributed by atoms with Gasteiger partial charge in [0.25, 0.3) is 0 Å². The van der Waals surface area contributed by atoms with E-state index in [-0.39, 0.29) is 44.6 Å². The van der Waals surface area contributed by atoms with Gasteiger partial charge in [0.2, 0.25) is 12.6 Å². The van der Waals surface area contributed by atoms with Crippen LogP contribution in [0.5, 0.6) is 46.0 Å². The van der Waals surface area contributed by atoms with Gasteiger partial charge in [-0.1, -0.05) is 0 Å². The first kappa shape index (κ1) is 47.8. The monoisotopic (exact) mass is 986 g/mol. The molecule has 364 valence electrons. The quantitative estimate of drug-likeness (QED) is 0.0723. The normalized spacial score (nSPS) is 25.0. The molecule has 10 atom stereocenters. The summed E-state index contributed by atoms with van der Waals surface area (Å²) in [6, 6.07) is 12.4. The predicted molar refractivity (Wildman–Crippen MR) is 222 cm³/mol. The first-order valence-electron chi connectivity index (χ1n) is 19.6. The van der Waals surface area contributed by atoms with Crippen LogP contribution in [0.25, 0.3) is 44.6 Å². The Hall–Kier alpha value is -7.73. The van der Waals surface area contributed by atoms with E-state index in [1.54, 1.807) is 0 Å². The zero-order chi connectivity index (χ0) is 50.0. The van der Waals surface area contributed by atoms with Gasteiger partial charge in [0.05, 0.1) is 0 Å². The van der Waals surface area contributed by atoms with Crippen LogP contribution < -0.4 is 20.3 Å². The number of phenols is 6. The molecule has 2 aromatic heterocycles. The molecule has 2 saturated heterocycles. The van der Waals surface area contributed by atoms with E-state index in [4.69, 9.17) is 27.8 Å². The summed E-state index contributed by atoms with van der Waals surface area (Å²) in [5.41, 5.74) is -2.12. The van der Waals surface area contributed by atoms with E-state index in [1.165, 1.54) is 12.1 Å². The molecule has 2 aliphatic rings. The lowest BCUT2D eigenvalue weighted by molar-refractivity contribution is -0.271. The summed E-state index contributed by atoms with van der Waals surface area (Å²) in [6.07, 6.45) is -23.7. The minimum absolute atomic E-state index is 0.0991. The molecule has 27 heteroatoms. The van der Waals surface area contributed by atoms with Gasteiger partial charge in [0.1, 0.15) is 93.1 Å². The fraction of sp³-hybridized carbons (Fsp3) is 0.238. The third kappa shape index (κ3) is 9.31. The number of ether oxygens (including phenoxy) is 4. The Bertz CT molecular complexity index is 3050. The van der Waals surface area contributed by atoms with Crippen molar-refractivity contribution in [1.82, 2.24) is 0 Å². The number of carbonyl (C=O) groups excluding carboxylic acids is 2. The molecule has 0 bridgehead atoms. The second kappa shape index (κ2) is 18.1. The number of hydrogen-bond acceptors (Lipinski definition) is 26. The van der Waals surface area contributed by atoms with Gasteiger partial charge in [-0.05, 0) is 36.4 Å². The summed E-state index contributed by atoms with van der Waals surface area (Å²) in [5.74, 6) is -9.15. The highest BCUT2D eigenvalue weighted by atomic mass is 32.3. The Kier molecular flexibility index (Phi) is 12.5. The number of aliphatic hydroxyl groups excluding tert-OH is 6. The Morgan fingerprint density at radius 2 is 0.841 bits per heavy atom. The largest absolute Gasteiger partial charge is 0.507 e. The van der Waals surface area contributed by atoms with Crippen molar-refractivity contribution in [3.8, 4) is 68.6 Å². The lowest BCUT2D eigenvalue weighted by Gasteiger charge is -2.39. The minimum Gasteiger partial charge on any atom is -0.507 e. The highest BCUT2D eigenvalue weighted by Gasteiger charge is 2.52. The van der Waals surface area contributed by atoms with E-state index >= 15 is 0 Å². The molecule has 2 aliphatic heterocycles. The summed E-state index contributed by atoms with van der Waals surface area (Å²) in [4.78, 5) is 52.0. The van der Waals surface area contributed by atoms with Crippen molar-refractivity contribution in [2.45, 2.75) is 61.4 Å². The van der Waals surface area contributed by atoms with Crippen LogP contribution in [0.2, 0.25) is 0 Å². The third-order valence-corrected chi connectivity index (χ3v) is 11.3. The van der Waals surface area contributed by atoms with E-state index in [0.29, 0.717) is 0 Å².